The fourth-order valence-corrected chi connectivity index (χ4v) is 3.40. The van der Waals surface area contributed by atoms with Crippen molar-refractivity contribution in [2.24, 2.45) is 5.92 Å². The molecule has 6 nitrogen and oxygen atoms in total. The second-order valence-corrected chi connectivity index (χ2v) is 7.58. The summed E-state index contributed by atoms with van der Waals surface area (Å²) in [5, 5.41) is 3.45. The van der Waals surface area contributed by atoms with Crippen LogP contribution in [0.3, 0.4) is 0 Å². The molecule has 0 saturated carbocycles. The van der Waals surface area contributed by atoms with Crippen molar-refractivity contribution in [1.82, 2.24) is 15.1 Å². The zero-order valence-electron chi connectivity index (χ0n) is 15.1. The quantitative estimate of drug-likeness (QED) is 0.855. The summed E-state index contributed by atoms with van der Waals surface area (Å²) in [7, 11) is 0. The number of ether oxygens (including phenoxy) is 1. The monoisotopic (exact) mass is 379 g/mol. The lowest BCUT2D eigenvalue weighted by molar-refractivity contribution is -0.132. The van der Waals surface area contributed by atoms with Crippen molar-refractivity contribution in [2.45, 2.75) is 32.3 Å². The van der Waals surface area contributed by atoms with Gasteiger partial charge in [0, 0.05) is 31.1 Å². The van der Waals surface area contributed by atoms with Crippen LogP contribution >= 0.6 is 11.6 Å². The summed E-state index contributed by atoms with van der Waals surface area (Å²) in [5.41, 5.74) is 0. The van der Waals surface area contributed by atoms with E-state index in [2.05, 4.69) is 12.2 Å². The highest BCUT2D eigenvalue weighted by atomic mass is 35.5. The van der Waals surface area contributed by atoms with Gasteiger partial charge in [-0.3, -0.25) is 4.79 Å². The minimum Gasteiger partial charge on any atom is -0.487 e. The Bertz CT molecular complexity index is 641. The third-order valence-electron chi connectivity index (χ3n) is 4.99. The molecule has 0 aromatic heterocycles. The molecule has 0 bridgehead atoms. The highest BCUT2D eigenvalue weighted by molar-refractivity contribution is 6.30. The smallest absolute Gasteiger partial charge is 0.317 e. The molecule has 0 aliphatic carbocycles. The Labute approximate surface area is 159 Å². The van der Waals surface area contributed by atoms with Gasteiger partial charge in [0.2, 0.25) is 5.91 Å². The van der Waals surface area contributed by atoms with Crippen molar-refractivity contribution in [3.63, 3.8) is 0 Å². The first-order chi connectivity index (χ1) is 12.5. The number of amides is 3. The molecular formula is C19H26ClN3O3. The van der Waals surface area contributed by atoms with Crippen LogP contribution in [0.5, 0.6) is 5.75 Å². The molecule has 2 aliphatic heterocycles. The Balaban J connectivity index is 1.31. The van der Waals surface area contributed by atoms with E-state index in [0.29, 0.717) is 42.7 Å². The summed E-state index contributed by atoms with van der Waals surface area (Å²) in [6.45, 7) is 5.34. The van der Waals surface area contributed by atoms with E-state index in [1.54, 1.807) is 17.0 Å². The van der Waals surface area contributed by atoms with Gasteiger partial charge in [0.25, 0.3) is 0 Å². The summed E-state index contributed by atoms with van der Waals surface area (Å²) in [5.74, 6) is 1.54. The van der Waals surface area contributed by atoms with E-state index < -0.39 is 0 Å². The number of hydrogen-bond acceptors (Lipinski definition) is 3. The van der Waals surface area contributed by atoms with Crippen LogP contribution in [0.15, 0.2) is 24.3 Å². The van der Waals surface area contributed by atoms with Crippen LogP contribution in [0.2, 0.25) is 5.02 Å². The van der Waals surface area contributed by atoms with Crippen LogP contribution in [0, 0.1) is 5.92 Å². The zero-order valence-corrected chi connectivity index (χ0v) is 15.9. The maximum Gasteiger partial charge on any atom is 0.317 e. The van der Waals surface area contributed by atoms with E-state index in [0.717, 1.165) is 25.9 Å². The number of halogens is 1. The average Bonchev–Trinajstić information content (AvgIpc) is 2.58. The molecule has 3 amide bonds. The van der Waals surface area contributed by atoms with E-state index in [-0.39, 0.29) is 18.0 Å². The molecule has 2 saturated heterocycles. The molecule has 2 fully saturated rings. The molecule has 26 heavy (non-hydrogen) atoms. The molecule has 0 radical (unpaired) electrons. The molecule has 0 unspecified atom stereocenters. The highest BCUT2D eigenvalue weighted by Crippen LogP contribution is 2.21. The number of nitrogens with zero attached hydrogens (tertiary/aromatic N) is 2. The summed E-state index contributed by atoms with van der Waals surface area (Å²) in [6.07, 6.45) is 2.48. The number of carbonyl (C=O) groups is 2. The molecule has 1 N–H and O–H groups in total. The lowest BCUT2D eigenvalue weighted by atomic mass is 9.99. The van der Waals surface area contributed by atoms with Crippen molar-refractivity contribution in [3.8, 4) is 5.75 Å². The zero-order chi connectivity index (χ0) is 18.5. The largest absolute Gasteiger partial charge is 0.487 e. The van der Waals surface area contributed by atoms with Crippen molar-refractivity contribution < 1.29 is 14.3 Å². The number of hydrogen-bond donors (Lipinski definition) is 1. The highest BCUT2D eigenvalue weighted by Gasteiger charge is 2.32. The first-order valence-corrected chi connectivity index (χ1v) is 9.62. The molecule has 7 heteroatoms. The maximum atomic E-state index is 12.2. The molecule has 1 aromatic rings. The molecule has 0 spiro atoms. The molecular weight excluding hydrogens is 354 g/mol. The van der Waals surface area contributed by atoms with Gasteiger partial charge in [0.15, 0.2) is 0 Å². The number of nitrogens with one attached hydrogen (secondary N) is 1. The minimum atomic E-state index is -0.143. The predicted molar refractivity (Wildman–Crippen MR) is 100 cm³/mol. The molecule has 1 aromatic carbocycles. The van der Waals surface area contributed by atoms with Crippen molar-refractivity contribution in [3.05, 3.63) is 29.3 Å². The molecule has 0 atom stereocenters. The van der Waals surface area contributed by atoms with Gasteiger partial charge in [0.1, 0.15) is 11.9 Å². The Morgan fingerprint density at radius 2 is 1.96 bits per heavy atom. The lowest BCUT2D eigenvalue weighted by Crippen LogP contribution is -2.59. The third-order valence-corrected chi connectivity index (χ3v) is 5.22. The number of likely N-dealkylation sites (tertiary alicyclic amines) is 2. The fourth-order valence-electron chi connectivity index (χ4n) is 3.22. The van der Waals surface area contributed by atoms with Crippen LogP contribution in [0.1, 0.15) is 26.2 Å². The van der Waals surface area contributed by atoms with Gasteiger partial charge < -0.3 is 19.9 Å². The third kappa shape index (κ3) is 5.04. The van der Waals surface area contributed by atoms with E-state index in [1.165, 1.54) is 0 Å². The Kier molecular flexibility index (Phi) is 6.25. The Morgan fingerprint density at radius 1 is 1.23 bits per heavy atom. The number of urea groups is 1. The number of piperidine rings is 1. The second-order valence-electron chi connectivity index (χ2n) is 7.15. The first kappa shape index (κ1) is 18.8. The minimum absolute atomic E-state index is 0.0174. The van der Waals surface area contributed by atoms with Gasteiger partial charge in [-0.25, -0.2) is 4.79 Å². The number of carbonyl (C=O) groups excluding carboxylic acids is 2. The van der Waals surface area contributed by atoms with Gasteiger partial charge in [0.05, 0.1) is 13.1 Å². The van der Waals surface area contributed by atoms with Crippen molar-refractivity contribution in [1.29, 1.82) is 0 Å². The number of benzene rings is 1. The second kappa shape index (κ2) is 8.62. The van der Waals surface area contributed by atoms with Gasteiger partial charge in [-0.1, -0.05) is 24.6 Å². The topological polar surface area (TPSA) is 61.9 Å². The fraction of sp³-hybridized carbons (Fsp3) is 0.579. The van der Waals surface area contributed by atoms with Crippen molar-refractivity contribution in [2.75, 3.05) is 32.7 Å². The van der Waals surface area contributed by atoms with Gasteiger partial charge in [-0.15, -0.1) is 0 Å². The SMILES string of the molecule is CC1CCN(C(=O)CCNC(=O)N2CC(Oc3cccc(Cl)c3)C2)CC1. The molecule has 2 aliphatic rings. The van der Waals surface area contributed by atoms with Crippen LogP contribution in [-0.4, -0.2) is 60.6 Å². The van der Waals surface area contributed by atoms with Gasteiger partial charge in [-0.2, -0.15) is 0 Å². The van der Waals surface area contributed by atoms with Crippen LogP contribution < -0.4 is 10.1 Å². The van der Waals surface area contributed by atoms with Crippen LogP contribution in [-0.2, 0) is 4.79 Å². The summed E-state index contributed by atoms with van der Waals surface area (Å²) in [4.78, 5) is 27.8. The van der Waals surface area contributed by atoms with Gasteiger partial charge in [-0.05, 0) is 37.0 Å². The normalized spacial score (nSPS) is 18.4. The van der Waals surface area contributed by atoms with Crippen LogP contribution in [0.4, 0.5) is 4.79 Å². The lowest BCUT2D eigenvalue weighted by Gasteiger charge is -2.38. The molecule has 2 heterocycles. The molecule has 3 rings (SSSR count). The maximum absolute atomic E-state index is 12.2. The van der Waals surface area contributed by atoms with E-state index in [4.69, 9.17) is 16.3 Å². The predicted octanol–water partition coefficient (Wildman–Crippen LogP) is 2.76. The summed E-state index contributed by atoms with van der Waals surface area (Å²) < 4.78 is 5.78. The summed E-state index contributed by atoms with van der Waals surface area (Å²) >= 11 is 5.93. The summed E-state index contributed by atoms with van der Waals surface area (Å²) in [6, 6.07) is 7.09. The Hall–Kier alpha value is -1.95. The number of rotatable bonds is 5. The Morgan fingerprint density at radius 3 is 2.65 bits per heavy atom. The first-order valence-electron chi connectivity index (χ1n) is 9.24. The van der Waals surface area contributed by atoms with E-state index >= 15 is 0 Å². The van der Waals surface area contributed by atoms with E-state index in [9.17, 15) is 9.59 Å². The van der Waals surface area contributed by atoms with Gasteiger partial charge >= 0.3 is 6.03 Å². The molecule has 142 valence electrons. The van der Waals surface area contributed by atoms with E-state index in [1.807, 2.05) is 17.0 Å². The van der Waals surface area contributed by atoms with Crippen molar-refractivity contribution >= 4 is 23.5 Å². The van der Waals surface area contributed by atoms with Crippen LogP contribution in [0.25, 0.3) is 0 Å². The average molecular weight is 380 g/mol. The standard InChI is InChI=1S/C19H26ClN3O3/c1-14-6-9-22(10-7-14)18(24)5-8-21-19(25)23-12-17(13-23)26-16-4-2-3-15(20)11-16/h2-4,11,14,17H,5-10,12-13H2,1H3,(H,21,25).